The lowest BCUT2D eigenvalue weighted by atomic mass is 10.0. The van der Waals surface area contributed by atoms with Gasteiger partial charge in [-0.1, -0.05) is 224 Å². The second kappa shape index (κ2) is 46.0. The first-order valence-electron chi connectivity index (χ1n) is 23.4. The van der Waals surface area contributed by atoms with Crippen LogP contribution in [-0.4, -0.2) is 37.0 Å². The van der Waals surface area contributed by atoms with E-state index < -0.39 is 6.10 Å². The smallest absolute Gasteiger partial charge is 0.306 e. The number of rotatable bonds is 44. The van der Waals surface area contributed by atoms with Crippen LogP contribution in [0.3, 0.4) is 0 Å². The van der Waals surface area contributed by atoms with E-state index in [-0.39, 0.29) is 12.6 Å². The van der Waals surface area contributed by atoms with Crippen molar-refractivity contribution in [2.45, 2.75) is 258 Å². The first kappa shape index (κ1) is 50.9. The Bertz CT molecular complexity index is 732. The van der Waals surface area contributed by atoms with E-state index in [4.69, 9.17) is 9.47 Å². The lowest BCUT2D eigenvalue weighted by Crippen LogP contribution is -2.27. The number of esters is 1. The standard InChI is InChI=1S/C48H92O4/c1-3-5-7-9-11-13-15-17-19-21-23-24-25-26-28-30-32-34-36-38-40-42-44-51-46-47(45-49)52-48(50)43-41-39-37-35-33-31-29-27-22-20-18-16-14-12-10-8-6-4-2/h14,16,20,22,47,49H,3-13,15,17-19,21,23-46H2,1-2H3/b16-14-,22-20-. The topological polar surface area (TPSA) is 55.8 Å². The molecule has 0 aliphatic carbocycles. The number of aliphatic hydroxyl groups excluding tert-OH is 1. The zero-order chi connectivity index (χ0) is 37.7. The highest BCUT2D eigenvalue weighted by atomic mass is 16.6. The summed E-state index contributed by atoms with van der Waals surface area (Å²) in [4.78, 5) is 12.2. The van der Waals surface area contributed by atoms with Gasteiger partial charge in [-0.2, -0.15) is 0 Å². The molecular weight excluding hydrogens is 641 g/mol. The summed E-state index contributed by atoms with van der Waals surface area (Å²) in [6.45, 7) is 5.37. The normalized spacial score (nSPS) is 12.4. The van der Waals surface area contributed by atoms with Crippen LogP contribution in [0, 0.1) is 0 Å². The molecule has 0 amide bonds. The Balaban J connectivity index is 3.38. The van der Waals surface area contributed by atoms with Crippen molar-refractivity contribution in [2.24, 2.45) is 0 Å². The number of carbonyl (C=O) groups is 1. The van der Waals surface area contributed by atoms with Crippen molar-refractivity contribution >= 4 is 5.97 Å². The molecule has 308 valence electrons. The summed E-state index contributed by atoms with van der Waals surface area (Å²) in [6.07, 6.45) is 56.8. The molecule has 0 aromatic heterocycles. The number of unbranched alkanes of at least 4 members (excludes halogenated alkanes) is 32. The highest BCUT2D eigenvalue weighted by Gasteiger charge is 2.13. The van der Waals surface area contributed by atoms with Gasteiger partial charge in [-0.05, 0) is 44.9 Å². The SMILES string of the molecule is CCCCCC/C=C\C/C=C\CCCCCCCCCC(=O)OC(CO)COCCCCCCCCCCCCCCCCCCCCCCCC. The van der Waals surface area contributed by atoms with Crippen molar-refractivity contribution in [2.75, 3.05) is 19.8 Å². The molecule has 4 nitrogen and oxygen atoms in total. The minimum Gasteiger partial charge on any atom is -0.457 e. The molecule has 0 aromatic carbocycles. The summed E-state index contributed by atoms with van der Waals surface area (Å²) < 4.78 is 11.2. The summed E-state index contributed by atoms with van der Waals surface area (Å²) in [5.74, 6) is -0.204. The van der Waals surface area contributed by atoms with Gasteiger partial charge in [0.05, 0.1) is 13.2 Å². The molecule has 1 atom stereocenters. The van der Waals surface area contributed by atoms with Gasteiger partial charge in [0.15, 0.2) is 0 Å². The average molecular weight is 733 g/mol. The monoisotopic (exact) mass is 733 g/mol. The van der Waals surface area contributed by atoms with Gasteiger partial charge in [0, 0.05) is 13.0 Å². The van der Waals surface area contributed by atoms with E-state index in [0.717, 1.165) is 25.7 Å². The summed E-state index contributed by atoms with van der Waals surface area (Å²) in [6, 6.07) is 0. The number of allylic oxidation sites excluding steroid dienone is 4. The van der Waals surface area contributed by atoms with E-state index in [1.54, 1.807) is 0 Å². The van der Waals surface area contributed by atoms with E-state index in [9.17, 15) is 9.90 Å². The molecule has 0 radical (unpaired) electrons. The largest absolute Gasteiger partial charge is 0.457 e. The first-order valence-corrected chi connectivity index (χ1v) is 23.4. The zero-order valence-electron chi connectivity index (χ0n) is 35.3. The fourth-order valence-electron chi connectivity index (χ4n) is 7.01. The Hall–Kier alpha value is -1.13. The van der Waals surface area contributed by atoms with E-state index >= 15 is 0 Å². The van der Waals surface area contributed by atoms with Crippen molar-refractivity contribution in [1.82, 2.24) is 0 Å². The van der Waals surface area contributed by atoms with Gasteiger partial charge in [0.25, 0.3) is 0 Å². The van der Waals surface area contributed by atoms with Gasteiger partial charge in [-0.15, -0.1) is 0 Å². The fourth-order valence-corrected chi connectivity index (χ4v) is 7.01. The maximum atomic E-state index is 12.2. The summed E-state index contributed by atoms with van der Waals surface area (Å²) >= 11 is 0. The predicted octanol–water partition coefficient (Wildman–Crippen LogP) is 15.5. The molecule has 1 N–H and O–H groups in total. The molecule has 0 spiro atoms. The molecule has 0 fully saturated rings. The Labute approximate surface area is 326 Å². The van der Waals surface area contributed by atoms with Crippen LogP contribution in [0.5, 0.6) is 0 Å². The minimum atomic E-state index is -0.534. The van der Waals surface area contributed by atoms with E-state index in [1.165, 1.54) is 205 Å². The second-order valence-corrected chi connectivity index (χ2v) is 15.8. The van der Waals surface area contributed by atoms with Crippen LogP contribution in [0.4, 0.5) is 0 Å². The van der Waals surface area contributed by atoms with Gasteiger partial charge < -0.3 is 14.6 Å². The van der Waals surface area contributed by atoms with Crippen molar-refractivity contribution in [3.8, 4) is 0 Å². The summed E-state index contributed by atoms with van der Waals surface area (Å²) in [5.41, 5.74) is 0. The molecule has 1 unspecified atom stereocenters. The third-order valence-electron chi connectivity index (χ3n) is 10.5. The first-order chi connectivity index (χ1) is 25.7. The highest BCUT2D eigenvalue weighted by Crippen LogP contribution is 2.16. The Morgan fingerprint density at radius 3 is 1.21 bits per heavy atom. The zero-order valence-corrected chi connectivity index (χ0v) is 35.3. The van der Waals surface area contributed by atoms with Crippen molar-refractivity contribution < 1.29 is 19.4 Å². The molecule has 0 saturated carbocycles. The maximum absolute atomic E-state index is 12.2. The molecule has 0 heterocycles. The van der Waals surface area contributed by atoms with Crippen LogP contribution < -0.4 is 0 Å². The molecule has 0 aromatic rings. The fraction of sp³-hybridized carbons (Fsp3) is 0.896. The van der Waals surface area contributed by atoms with Crippen LogP contribution in [0.25, 0.3) is 0 Å². The summed E-state index contributed by atoms with van der Waals surface area (Å²) in [7, 11) is 0. The second-order valence-electron chi connectivity index (χ2n) is 15.8. The third kappa shape index (κ3) is 43.3. The molecule has 0 bridgehead atoms. The van der Waals surface area contributed by atoms with Gasteiger partial charge in [-0.25, -0.2) is 0 Å². The number of hydrogen-bond acceptors (Lipinski definition) is 4. The number of carbonyl (C=O) groups excluding carboxylic acids is 1. The van der Waals surface area contributed by atoms with Gasteiger partial charge in [0.1, 0.15) is 6.10 Å². The number of ether oxygens (including phenoxy) is 2. The Kier molecular flexibility index (Phi) is 45.0. The molecular formula is C48H92O4. The van der Waals surface area contributed by atoms with Crippen molar-refractivity contribution in [3.05, 3.63) is 24.3 Å². The predicted molar refractivity (Wildman–Crippen MR) is 228 cm³/mol. The molecule has 4 heteroatoms. The van der Waals surface area contributed by atoms with Gasteiger partial charge in [0.2, 0.25) is 0 Å². The number of aliphatic hydroxyl groups is 1. The lowest BCUT2D eigenvalue weighted by Gasteiger charge is -2.16. The minimum absolute atomic E-state index is 0.171. The van der Waals surface area contributed by atoms with Crippen molar-refractivity contribution in [3.63, 3.8) is 0 Å². The van der Waals surface area contributed by atoms with E-state index in [2.05, 4.69) is 38.2 Å². The van der Waals surface area contributed by atoms with Gasteiger partial charge >= 0.3 is 5.97 Å². The van der Waals surface area contributed by atoms with Crippen LogP contribution in [0.1, 0.15) is 251 Å². The quantitative estimate of drug-likeness (QED) is 0.0385. The van der Waals surface area contributed by atoms with Crippen LogP contribution in [0.2, 0.25) is 0 Å². The Morgan fingerprint density at radius 2 is 0.808 bits per heavy atom. The average Bonchev–Trinajstić information content (AvgIpc) is 3.15. The maximum Gasteiger partial charge on any atom is 0.306 e. The van der Waals surface area contributed by atoms with Crippen LogP contribution >= 0.6 is 0 Å². The van der Waals surface area contributed by atoms with Crippen molar-refractivity contribution in [1.29, 1.82) is 0 Å². The Morgan fingerprint density at radius 1 is 0.462 bits per heavy atom. The van der Waals surface area contributed by atoms with Crippen LogP contribution in [0.15, 0.2) is 24.3 Å². The highest BCUT2D eigenvalue weighted by molar-refractivity contribution is 5.69. The van der Waals surface area contributed by atoms with Crippen LogP contribution in [-0.2, 0) is 14.3 Å². The van der Waals surface area contributed by atoms with Gasteiger partial charge in [-0.3, -0.25) is 4.79 Å². The summed E-state index contributed by atoms with van der Waals surface area (Å²) in [5, 5.41) is 9.62. The molecule has 0 rings (SSSR count). The molecule has 0 aliphatic rings. The third-order valence-corrected chi connectivity index (χ3v) is 10.5. The van der Waals surface area contributed by atoms with E-state index in [1.807, 2.05) is 0 Å². The molecule has 52 heavy (non-hydrogen) atoms. The molecule has 0 aliphatic heterocycles. The number of hydrogen-bond donors (Lipinski definition) is 1. The molecule has 0 saturated heterocycles. The van der Waals surface area contributed by atoms with E-state index in [0.29, 0.717) is 19.6 Å². The lowest BCUT2D eigenvalue weighted by molar-refractivity contribution is -0.154.